The summed E-state index contributed by atoms with van der Waals surface area (Å²) in [6.45, 7) is 2.67. The first kappa shape index (κ1) is 16.6. The summed E-state index contributed by atoms with van der Waals surface area (Å²) in [5.41, 5.74) is 0.581. The molecule has 1 fully saturated rings. The minimum Gasteiger partial charge on any atom is -0.491 e. The summed E-state index contributed by atoms with van der Waals surface area (Å²) in [5.74, 6) is 0.758. The molecule has 7 heteroatoms. The van der Waals surface area contributed by atoms with E-state index in [9.17, 15) is 13.2 Å². The molecule has 1 unspecified atom stereocenters. The Bertz CT molecular complexity index is 616. The second kappa shape index (κ2) is 7.49. The number of amides is 2. The van der Waals surface area contributed by atoms with Crippen LogP contribution in [-0.2, 0) is 9.84 Å². The highest BCUT2D eigenvalue weighted by Gasteiger charge is 2.28. The van der Waals surface area contributed by atoms with E-state index in [1.165, 1.54) is 0 Å². The molecular formula is C15H22N2O4S. The predicted octanol–water partition coefficient (Wildman–Crippen LogP) is 2.17. The van der Waals surface area contributed by atoms with Crippen LogP contribution in [0.15, 0.2) is 24.3 Å². The molecule has 1 aliphatic heterocycles. The van der Waals surface area contributed by atoms with Crippen LogP contribution in [0.2, 0.25) is 0 Å². The molecule has 0 aliphatic carbocycles. The lowest BCUT2D eigenvalue weighted by Crippen LogP contribution is -2.38. The Morgan fingerprint density at radius 3 is 2.82 bits per heavy atom. The molecule has 2 rings (SSSR count). The Hall–Kier alpha value is -1.76. The second-order valence-electron chi connectivity index (χ2n) is 5.40. The first-order valence-electron chi connectivity index (χ1n) is 7.50. The first-order chi connectivity index (χ1) is 10.5. The Morgan fingerprint density at radius 1 is 1.36 bits per heavy atom. The van der Waals surface area contributed by atoms with E-state index >= 15 is 0 Å². The SMILES string of the molecule is CCCCOc1ccccc1NC(=O)NC1CCS(=O)(=O)C1. The van der Waals surface area contributed by atoms with Gasteiger partial charge >= 0.3 is 6.03 Å². The average molecular weight is 326 g/mol. The van der Waals surface area contributed by atoms with Crippen LogP contribution in [0.1, 0.15) is 26.2 Å². The summed E-state index contributed by atoms with van der Waals surface area (Å²) in [5, 5.41) is 5.41. The van der Waals surface area contributed by atoms with Crippen LogP contribution < -0.4 is 15.4 Å². The average Bonchev–Trinajstić information content (AvgIpc) is 2.80. The van der Waals surface area contributed by atoms with Crippen molar-refractivity contribution in [1.82, 2.24) is 5.32 Å². The van der Waals surface area contributed by atoms with Crippen LogP contribution in [0.4, 0.5) is 10.5 Å². The van der Waals surface area contributed by atoms with Gasteiger partial charge in [-0.15, -0.1) is 0 Å². The number of carbonyl (C=O) groups excluding carboxylic acids is 1. The standard InChI is InChI=1S/C15H22N2O4S/c1-2-3-9-21-14-7-5-4-6-13(14)17-15(18)16-12-8-10-22(19,20)11-12/h4-7,12H,2-3,8-11H2,1H3,(H2,16,17,18). The van der Waals surface area contributed by atoms with Gasteiger partial charge in [-0.05, 0) is 25.0 Å². The molecule has 0 bridgehead atoms. The lowest BCUT2D eigenvalue weighted by molar-refractivity contribution is 0.249. The van der Waals surface area contributed by atoms with Crippen molar-refractivity contribution in [2.45, 2.75) is 32.2 Å². The Kier molecular flexibility index (Phi) is 5.65. The summed E-state index contributed by atoms with van der Waals surface area (Å²) in [7, 11) is -3.00. The van der Waals surface area contributed by atoms with Gasteiger partial charge in [-0.2, -0.15) is 0 Å². The molecule has 122 valence electrons. The van der Waals surface area contributed by atoms with Gasteiger partial charge in [-0.3, -0.25) is 0 Å². The minimum absolute atomic E-state index is 0.00899. The van der Waals surface area contributed by atoms with Crippen LogP contribution in [0.25, 0.3) is 0 Å². The summed E-state index contributed by atoms with van der Waals surface area (Å²) in [4.78, 5) is 12.0. The topological polar surface area (TPSA) is 84.5 Å². The molecule has 0 spiro atoms. The third-order valence-electron chi connectivity index (χ3n) is 3.46. The van der Waals surface area contributed by atoms with Crippen molar-refractivity contribution in [3.63, 3.8) is 0 Å². The number of carbonyl (C=O) groups is 1. The van der Waals surface area contributed by atoms with Gasteiger partial charge in [0.25, 0.3) is 0 Å². The van der Waals surface area contributed by atoms with Crippen molar-refractivity contribution in [3.05, 3.63) is 24.3 Å². The monoisotopic (exact) mass is 326 g/mol. The van der Waals surface area contributed by atoms with E-state index in [0.29, 0.717) is 24.5 Å². The number of urea groups is 1. The molecule has 1 aromatic rings. The van der Waals surface area contributed by atoms with Gasteiger partial charge in [0.15, 0.2) is 9.84 Å². The van der Waals surface area contributed by atoms with Crippen LogP contribution >= 0.6 is 0 Å². The lowest BCUT2D eigenvalue weighted by atomic mass is 10.2. The molecule has 22 heavy (non-hydrogen) atoms. The zero-order valence-electron chi connectivity index (χ0n) is 12.7. The quantitative estimate of drug-likeness (QED) is 0.785. The molecule has 0 radical (unpaired) electrons. The fourth-order valence-electron chi connectivity index (χ4n) is 2.27. The number of benzene rings is 1. The Labute approximate surface area is 131 Å². The summed E-state index contributed by atoms with van der Waals surface area (Å²) in [6, 6.07) is 6.47. The molecule has 1 aliphatic rings. The highest BCUT2D eigenvalue weighted by atomic mass is 32.2. The van der Waals surface area contributed by atoms with E-state index in [0.717, 1.165) is 12.8 Å². The lowest BCUT2D eigenvalue weighted by Gasteiger charge is -2.15. The zero-order valence-corrected chi connectivity index (χ0v) is 13.5. The van der Waals surface area contributed by atoms with E-state index in [1.807, 2.05) is 12.1 Å². The zero-order chi connectivity index (χ0) is 16.0. The van der Waals surface area contributed by atoms with Crippen LogP contribution in [-0.4, -0.2) is 38.6 Å². The number of anilines is 1. The normalized spacial score (nSPS) is 19.6. The Morgan fingerprint density at radius 2 is 2.14 bits per heavy atom. The van der Waals surface area contributed by atoms with Gasteiger partial charge in [0, 0.05) is 6.04 Å². The number of rotatable bonds is 6. The highest BCUT2D eigenvalue weighted by Crippen LogP contribution is 2.24. The van der Waals surface area contributed by atoms with Gasteiger partial charge in [0.1, 0.15) is 5.75 Å². The molecule has 2 N–H and O–H groups in total. The second-order valence-corrected chi connectivity index (χ2v) is 7.63. The van der Waals surface area contributed by atoms with Crippen molar-refractivity contribution in [3.8, 4) is 5.75 Å². The number of ether oxygens (including phenoxy) is 1. The number of hydrogen-bond donors (Lipinski definition) is 2. The van der Waals surface area contributed by atoms with Gasteiger partial charge in [-0.1, -0.05) is 25.5 Å². The highest BCUT2D eigenvalue weighted by molar-refractivity contribution is 7.91. The number of hydrogen-bond acceptors (Lipinski definition) is 4. The molecule has 1 aromatic carbocycles. The molecule has 0 aromatic heterocycles. The fraction of sp³-hybridized carbons (Fsp3) is 0.533. The van der Waals surface area contributed by atoms with E-state index in [-0.39, 0.29) is 17.5 Å². The molecular weight excluding hydrogens is 304 g/mol. The van der Waals surface area contributed by atoms with Crippen molar-refractivity contribution in [2.75, 3.05) is 23.4 Å². The van der Waals surface area contributed by atoms with Crippen LogP contribution in [0, 0.1) is 0 Å². The largest absolute Gasteiger partial charge is 0.491 e. The van der Waals surface area contributed by atoms with Gasteiger partial charge < -0.3 is 15.4 Å². The molecule has 2 amide bonds. The van der Waals surface area contributed by atoms with Crippen LogP contribution in [0.3, 0.4) is 0 Å². The summed E-state index contributed by atoms with van der Waals surface area (Å²) in [6.07, 6.45) is 2.44. The fourth-order valence-corrected chi connectivity index (χ4v) is 3.95. The van der Waals surface area contributed by atoms with Crippen molar-refractivity contribution in [2.24, 2.45) is 0 Å². The molecule has 1 atom stereocenters. The third kappa shape index (κ3) is 4.91. The maximum atomic E-state index is 12.0. The van der Waals surface area contributed by atoms with Gasteiger partial charge in [0.2, 0.25) is 0 Å². The number of nitrogens with one attached hydrogen (secondary N) is 2. The van der Waals surface area contributed by atoms with E-state index < -0.39 is 15.9 Å². The minimum atomic E-state index is -3.00. The van der Waals surface area contributed by atoms with E-state index in [1.54, 1.807) is 12.1 Å². The summed E-state index contributed by atoms with van der Waals surface area (Å²) >= 11 is 0. The molecule has 0 saturated carbocycles. The number of sulfone groups is 1. The molecule has 6 nitrogen and oxygen atoms in total. The van der Waals surface area contributed by atoms with E-state index in [2.05, 4.69) is 17.6 Å². The predicted molar refractivity (Wildman–Crippen MR) is 86.1 cm³/mol. The van der Waals surface area contributed by atoms with Crippen molar-refractivity contribution < 1.29 is 17.9 Å². The van der Waals surface area contributed by atoms with Crippen LogP contribution in [0.5, 0.6) is 5.75 Å². The van der Waals surface area contributed by atoms with Crippen molar-refractivity contribution in [1.29, 1.82) is 0 Å². The van der Waals surface area contributed by atoms with Gasteiger partial charge in [0.05, 0.1) is 23.8 Å². The molecule has 1 saturated heterocycles. The maximum absolute atomic E-state index is 12.0. The number of para-hydroxylation sites is 2. The number of unbranched alkanes of at least 4 members (excludes halogenated alkanes) is 1. The van der Waals surface area contributed by atoms with Gasteiger partial charge in [-0.25, -0.2) is 13.2 Å². The van der Waals surface area contributed by atoms with E-state index in [4.69, 9.17) is 4.74 Å². The molecule has 1 heterocycles. The third-order valence-corrected chi connectivity index (χ3v) is 5.23. The first-order valence-corrected chi connectivity index (χ1v) is 9.32. The Balaban J connectivity index is 1.91. The smallest absolute Gasteiger partial charge is 0.319 e. The summed E-state index contributed by atoms with van der Waals surface area (Å²) < 4.78 is 28.4. The maximum Gasteiger partial charge on any atom is 0.319 e. The van der Waals surface area contributed by atoms with Crippen molar-refractivity contribution >= 4 is 21.6 Å².